The van der Waals surface area contributed by atoms with E-state index in [1.54, 1.807) is 0 Å². The van der Waals surface area contributed by atoms with Gasteiger partial charge in [0, 0.05) is 6.07 Å². The summed E-state index contributed by atoms with van der Waals surface area (Å²) < 4.78 is 57.1. The predicted molar refractivity (Wildman–Crippen MR) is 53.4 cm³/mol. The number of aromatic nitrogens is 2. The van der Waals surface area contributed by atoms with Crippen molar-refractivity contribution in [2.45, 2.75) is 5.88 Å². The van der Waals surface area contributed by atoms with Crippen molar-refractivity contribution >= 4 is 23.3 Å². The normalized spacial score (nSPS) is 10.7. The molecule has 4 nitrogen and oxygen atoms in total. The highest BCUT2D eigenvalue weighted by atomic mass is 35.5. The van der Waals surface area contributed by atoms with Crippen molar-refractivity contribution in [3.8, 4) is 0 Å². The third-order valence-electron chi connectivity index (χ3n) is 1.92. The van der Waals surface area contributed by atoms with E-state index in [-0.39, 0.29) is 17.8 Å². The van der Waals surface area contributed by atoms with E-state index in [0.29, 0.717) is 0 Å². The number of nitrogens with one attached hydrogen (secondary N) is 1. The summed E-state index contributed by atoms with van der Waals surface area (Å²) in [5.74, 6) is -6.42. The lowest BCUT2D eigenvalue weighted by Crippen LogP contribution is -2.03. The molecule has 2 aromatic rings. The first-order valence-corrected chi connectivity index (χ1v) is 5.04. The van der Waals surface area contributed by atoms with E-state index in [0.717, 1.165) is 0 Å². The first kappa shape index (κ1) is 12.6. The summed E-state index contributed by atoms with van der Waals surface area (Å²) in [6, 6.07) is -0.345. The largest absolute Gasteiger partial charge is 0.407 e. The maximum atomic E-state index is 13.3. The molecule has 0 amide bonds. The molecular weight excluding hydrogens is 278 g/mol. The monoisotopic (exact) mass is 281 g/mol. The number of hydrogen-bond donors (Lipinski definition) is 1. The summed E-state index contributed by atoms with van der Waals surface area (Å²) in [4.78, 5) is 0. The van der Waals surface area contributed by atoms with E-state index >= 15 is 0 Å². The van der Waals surface area contributed by atoms with Gasteiger partial charge in [-0.3, -0.25) is 0 Å². The van der Waals surface area contributed by atoms with Crippen LogP contribution in [0.25, 0.3) is 0 Å². The van der Waals surface area contributed by atoms with Crippen LogP contribution in [-0.4, -0.2) is 10.2 Å². The lowest BCUT2D eigenvalue weighted by Gasteiger charge is -2.06. The first-order valence-electron chi connectivity index (χ1n) is 4.51. The van der Waals surface area contributed by atoms with E-state index in [4.69, 9.17) is 16.0 Å². The Balaban J connectivity index is 2.39. The Morgan fingerprint density at radius 3 is 2.22 bits per heavy atom. The van der Waals surface area contributed by atoms with Gasteiger partial charge >= 0.3 is 6.01 Å². The highest BCUT2D eigenvalue weighted by molar-refractivity contribution is 6.16. The highest BCUT2D eigenvalue weighted by Gasteiger charge is 2.20. The van der Waals surface area contributed by atoms with Crippen molar-refractivity contribution in [1.82, 2.24) is 10.2 Å². The van der Waals surface area contributed by atoms with Gasteiger partial charge in [-0.25, -0.2) is 17.6 Å². The minimum Gasteiger partial charge on any atom is -0.407 e. The summed E-state index contributed by atoms with van der Waals surface area (Å²) >= 11 is 5.36. The Bertz CT molecular complexity index is 563. The van der Waals surface area contributed by atoms with E-state index in [1.165, 1.54) is 0 Å². The molecule has 0 spiro atoms. The summed E-state index contributed by atoms with van der Waals surface area (Å²) in [5.41, 5.74) is -1.06. The van der Waals surface area contributed by atoms with Crippen LogP contribution in [0.2, 0.25) is 0 Å². The first-order chi connectivity index (χ1) is 8.52. The Hall–Kier alpha value is -1.83. The summed E-state index contributed by atoms with van der Waals surface area (Å²) in [6.07, 6.45) is 0. The van der Waals surface area contributed by atoms with Gasteiger partial charge in [0.25, 0.3) is 0 Å². The highest BCUT2D eigenvalue weighted by Crippen LogP contribution is 2.26. The molecule has 1 aromatic heterocycles. The molecule has 0 aliphatic heterocycles. The minimum atomic E-state index is -1.60. The maximum Gasteiger partial charge on any atom is 0.320 e. The molecular formula is C9H4ClF4N3O. The predicted octanol–water partition coefficient (Wildman–Crippen LogP) is 3.11. The maximum absolute atomic E-state index is 13.3. The Morgan fingerprint density at radius 2 is 1.72 bits per heavy atom. The van der Waals surface area contributed by atoms with Gasteiger partial charge in [-0.15, -0.1) is 16.7 Å². The van der Waals surface area contributed by atoms with Crippen LogP contribution in [0.15, 0.2) is 10.5 Å². The number of nitrogens with zero attached hydrogens (tertiary/aromatic N) is 2. The smallest absolute Gasteiger partial charge is 0.320 e. The van der Waals surface area contributed by atoms with Crippen LogP contribution in [0, 0.1) is 23.3 Å². The van der Waals surface area contributed by atoms with Gasteiger partial charge in [-0.2, -0.15) is 0 Å². The molecule has 0 radical (unpaired) electrons. The molecule has 0 bridgehead atoms. The standard InChI is InChI=1S/C9H4ClF4N3O/c10-2-5-16-17-9(18-5)15-8-6(13)3(11)1-4(12)7(8)14/h1H,2H2,(H,15,17). The van der Waals surface area contributed by atoms with E-state index in [2.05, 4.69) is 10.2 Å². The zero-order valence-electron chi connectivity index (χ0n) is 8.48. The van der Waals surface area contributed by atoms with Crippen LogP contribution in [0.3, 0.4) is 0 Å². The van der Waals surface area contributed by atoms with Crippen molar-refractivity contribution in [2.24, 2.45) is 0 Å². The number of rotatable bonds is 3. The lowest BCUT2D eigenvalue weighted by atomic mass is 10.2. The molecule has 2 rings (SSSR count). The van der Waals surface area contributed by atoms with Gasteiger partial charge in [0.15, 0.2) is 23.3 Å². The number of hydrogen-bond acceptors (Lipinski definition) is 4. The molecule has 1 heterocycles. The van der Waals surface area contributed by atoms with E-state index < -0.39 is 35.0 Å². The molecule has 9 heteroatoms. The van der Waals surface area contributed by atoms with Crippen molar-refractivity contribution < 1.29 is 22.0 Å². The lowest BCUT2D eigenvalue weighted by molar-refractivity contribution is 0.457. The summed E-state index contributed by atoms with van der Waals surface area (Å²) in [6.45, 7) is 0. The molecule has 1 aromatic carbocycles. The van der Waals surface area contributed by atoms with Crippen molar-refractivity contribution in [1.29, 1.82) is 0 Å². The molecule has 0 aliphatic carbocycles. The van der Waals surface area contributed by atoms with Crippen LogP contribution >= 0.6 is 11.6 Å². The van der Waals surface area contributed by atoms with E-state index in [1.807, 2.05) is 5.32 Å². The van der Waals surface area contributed by atoms with E-state index in [9.17, 15) is 17.6 Å². The molecule has 0 aliphatic rings. The third kappa shape index (κ3) is 2.23. The Morgan fingerprint density at radius 1 is 1.11 bits per heavy atom. The third-order valence-corrected chi connectivity index (χ3v) is 2.15. The molecule has 0 fully saturated rings. The van der Waals surface area contributed by atoms with Gasteiger partial charge in [-0.05, 0) is 0 Å². The second-order valence-corrected chi connectivity index (χ2v) is 3.37. The van der Waals surface area contributed by atoms with Gasteiger partial charge in [0.1, 0.15) is 11.6 Å². The zero-order chi connectivity index (χ0) is 13.3. The summed E-state index contributed by atoms with van der Waals surface area (Å²) in [7, 11) is 0. The van der Waals surface area contributed by atoms with Gasteiger partial charge in [-0.1, -0.05) is 5.10 Å². The number of benzene rings is 1. The second-order valence-electron chi connectivity index (χ2n) is 3.10. The molecule has 96 valence electrons. The molecule has 0 atom stereocenters. The number of halogens is 5. The summed E-state index contributed by atoms with van der Waals surface area (Å²) in [5, 5.41) is 8.67. The van der Waals surface area contributed by atoms with Crippen LogP contribution in [0.5, 0.6) is 0 Å². The van der Waals surface area contributed by atoms with Gasteiger partial charge in [0.2, 0.25) is 5.89 Å². The molecule has 18 heavy (non-hydrogen) atoms. The minimum absolute atomic E-state index is 0.0168. The van der Waals surface area contributed by atoms with Crippen LogP contribution in [-0.2, 0) is 5.88 Å². The van der Waals surface area contributed by atoms with Gasteiger partial charge in [0.05, 0.1) is 0 Å². The van der Waals surface area contributed by atoms with Gasteiger partial charge < -0.3 is 9.73 Å². The fourth-order valence-corrected chi connectivity index (χ4v) is 1.26. The van der Waals surface area contributed by atoms with Crippen molar-refractivity contribution in [3.63, 3.8) is 0 Å². The molecule has 0 saturated carbocycles. The topological polar surface area (TPSA) is 51.0 Å². The average Bonchev–Trinajstić information content (AvgIpc) is 2.80. The SMILES string of the molecule is Fc1cc(F)c(F)c(Nc2nnc(CCl)o2)c1F. The zero-order valence-corrected chi connectivity index (χ0v) is 9.23. The average molecular weight is 282 g/mol. The fourth-order valence-electron chi connectivity index (χ4n) is 1.15. The number of anilines is 2. The quantitative estimate of drug-likeness (QED) is 0.533. The fraction of sp³-hybridized carbons (Fsp3) is 0.111. The van der Waals surface area contributed by atoms with Crippen LogP contribution < -0.4 is 5.32 Å². The number of alkyl halides is 1. The molecule has 0 unspecified atom stereocenters. The Kier molecular flexibility index (Phi) is 3.37. The van der Waals surface area contributed by atoms with Crippen molar-refractivity contribution in [2.75, 3.05) is 5.32 Å². The van der Waals surface area contributed by atoms with Crippen LogP contribution in [0.4, 0.5) is 29.3 Å². The second kappa shape index (κ2) is 4.81. The Labute approximate surface area is 103 Å². The van der Waals surface area contributed by atoms with Crippen molar-refractivity contribution in [3.05, 3.63) is 35.2 Å². The molecule has 0 saturated heterocycles. The molecule has 1 N–H and O–H groups in total. The van der Waals surface area contributed by atoms with Crippen LogP contribution in [0.1, 0.15) is 5.89 Å².